The smallest absolute Gasteiger partial charge is 0.226 e. The highest BCUT2D eigenvalue weighted by atomic mass is 35.5. The van der Waals surface area contributed by atoms with Crippen molar-refractivity contribution >= 4 is 40.0 Å². The number of aromatic nitrogens is 1. The Bertz CT molecular complexity index is 621. The molecule has 1 aliphatic carbocycles. The summed E-state index contributed by atoms with van der Waals surface area (Å²) in [7, 11) is 0. The minimum Gasteiger partial charge on any atom is -0.361 e. The molecule has 2 aromatic rings. The van der Waals surface area contributed by atoms with Crippen LogP contribution in [-0.4, -0.2) is 21.8 Å². The van der Waals surface area contributed by atoms with Gasteiger partial charge < -0.3 is 10.3 Å². The third kappa shape index (κ3) is 2.58. The number of fused-ring (bicyclic) bond motifs is 1. The van der Waals surface area contributed by atoms with Crippen molar-refractivity contribution in [2.75, 3.05) is 6.54 Å². The van der Waals surface area contributed by atoms with Crippen molar-refractivity contribution in [1.29, 1.82) is 0 Å². The normalized spacial score (nSPS) is 20.4. The van der Waals surface area contributed by atoms with E-state index in [2.05, 4.69) is 16.4 Å². The van der Waals surface area contributed by atoms with E-state index in [-0.39, 0.29) is 11.8 Å². The van der Waals surface area contributed by atoms with E-state index in [1.54, 1.807) is 0 Å². The third-order valence-corrected chi connectivity index (χ3v) is 4.35. The summed E-state index contributed by atoms with van der Waals surface area (Å²) < 4.78 is -0.842. The van der Waals surface area contributed by atoms with Crippen molar-refractivity contribution in [2.45, 2.75) is 17.2 Å². The maximum atomic E-state index is 11.7. The van der Waals surface area contributed by atoms with Crippen molar-refractivity contribution in [3.05, 3.63) is 36.0 Å². The molecule has 3 rings (SSSR count). The Morgan fingerprint density at radius 1 is 1.42 bits per heavy atom. The molecule has 2 N–H and O–H groups in total. The first-order valence-electron chi connectivity index (χ1n) is 6.28. The van der Waals surface area contributed by atoms with Gasteiger partial charge in [0.2, 0.25) is 5.91 Å². The second-order valence-electron chi connectivity index (χ2n) is 4.92. The number of amides is 1. The Balaban J connectivity index is 1.57. The number of aromatic amines is 1. The third-order valence-electron chi connectivity index (χ3n) is 3.51. The van der Waals surface area contributed by atoms with Crippen LogP contribution in [0.1, 0.15) is 12.0 Å². The van der Waals surface area contributed by atoms with Crippen LogP contribution in [0.4, 0.5) is 0 Å². The molecule has 0 bridgehead atoms. The van der Waals surface area contributed by atoms with Crippen LogP contribution in [-0.2, 0) is 11.2 Å². The van der Waals surface area contributed by atoms with Crippen LogP contribution < -0.4 is 5.32 Å². The fourth-order valence-electron chi connectivity index (χ4n) is 2.28. The Hall–Kier alpha value is -1.19. The van der Waals surface area contributed by atoms with E-state index in [4.69, 9.17) is 23.2 Å². The zero-order chi connectivity index (χ0) is 13.5. The van der Waals surface area contributed by atoms with Gasteiger partial charge in [0.1, 0.15) is 4.33 Å². The highest BCUT2D eigenvalue weighted by molar-refractivity contribution is 6.52. The Kier molecular flexibility index (Phi) is 3.19. The molecule has 1 amide bonds. The summed E-state index contributed by atoms with van der Waals surface area (Å²) in [6, 6.07) is 8.12. The van der Waals surface area contributed by atoms with Crippen LogP contribution in [0.2, 0.25) is 0 Å². The van der Waals surface area contributed by atoms with Crippen molar-refractivity contribution < 1.29 is 4.79 Å². The Morgan fingerprint density at radius 3 is 2.89 bits per heavy atom. The number of rotatable bonds is 4. The number of carbonyl (C=O) groups excluding carboxylic acids is 1. The number of alkyl halides is 2. The fourth-order valence-corrected chi connectivity index (χ4v) is 2.79. The van der Waals surface area contributed by atoms with Crippen LogP contribution in [0.5, 0.6) is 0 Å². The second-order valence-corrected chi connectivity index (χ2v) is 6.46. The van der Waals surface area contributed by atoms with Gasteiger partial charge in [-0.25, -0.2) is 0 Å². The molecule has 1 atom stereocenters. The summed E-state index contributed by atoms with van der Waals surface area (Å²) in [5.41, 5.74) is 2.32. The highest BCUT2D eigenvalue weighted by Gasteiger charge is 2.56. The van der Waals surface area contributed by atoms with Gasteiger partial charge in [-0.1, -0.05) is 18.2 Å². The summed E-state index contributed by atoms with van der Waals surface area (Å²) in [4.78, 5) is 14.9. The zero-order valence-corrected chi connectivity index (χ0v) is 11.8. The number of hydrogen-bond donors (Lipinski definition) is 2. The van der Waals surface area contributed by atoms with Crippen molar-refractivity contribution in [3.8, 4) is 0 Å². The van der Waals surface area contributed by atoms with Gasteiger partial charge in [0.05, 0.1) is 5.92 Å². The largest absolute Gasteiger partial charge is 0.361 e. The highest BCUT2D eigenvalue weighted by Crippen LogP contribution is 2.53. The van der Waals surface area contributed by atoms with E-state index in [0.717, 1.165) is 11.9 Å². The lowest BCUT2D eigenvalue weighted by Gasteiger charge is -2.04. The van der Waals surface area contributed by atoms with E-state index < -0.39 is 4.33 Å². The standard InChI is InChI=1S/C14H14Cl2N2O/c15-14(16)7-11(14)13(19)17-6-5-9-8-18-12-4-2-1-3-10(9)12/h1-4,8,11,18H,5-7H2,(H,17,19)/t11-/m0/s1. The van der Waals surface area contributed by atoms with E-state index in [1.807, 2.05) is 24.4 Å². The summed E-state index contributed by atoms with van der Waals surface area (Å²) in [6.07, 6.45) is 3.33. The molecule has 100 valence electrons. The second kappa shape index (κ2) is 4.73. The number of para-hydroxylation sites is 1. The zero-order valence-electron chi connectivity index (χ0n) is 10.2. The lowest BCUT2D eigenvalue weighted by molar-refractivity contribution is -0.122. The van der Waals surface area contributed by atoms with Crippen LogP contribution in [0.3, 0.4) is 0 Å². The Morgan fingerprint density at radius 2 is 2.16 bits per heavy atom. The van der Waals surface area contributed by atoms with E-state index in [1.165, 1.54) is 10.9 Å². The number of carbonyl (C=O) groups is 1. The first kappa shape index (κ1) is 12.8. The molecule has 1 fully saturated rings. The summed E-state index contributed by atoms with van der Waals surface area (Å²) in [5, 5.41) is 4.08. The molecule has 0 spiro atoms. The predicted octanol–water partition coefficient (Wildman–Crippen LogP) is 3.02. The number of nitrogens with one attached hydrogen (secondary N) is 2. The fraction of sp³-hybridized carbons (Fsp3) is 0.357. The van der Waals surface area contributed by atoms with Crippen LogP contribution in [0.25, 0.3) is 10.9 Å². The summed E-state index contributed by atoms with van der Waals surface area (Å²) in [6.45, 7) is 0.598. The molecule has 0 radical (unpaired) electrons. The average Bonchev–Trinajstić information content (AvgIpc) is 2.85. The monoisotopic (exact) mass is 296 g/mol. The number of benzene rings is 1. The first-order valence-corrected chi connectivity index (χ1v) is 7.04. The van der Waals surface area contributed by atoms with Crippen molar-refractivity contribution in [1.82, 2.24) is 10.3 Å². The molecule has 0 aliphatic heterocycles. The maximum Gasteiger partial charge on any atom is 0.226 e. The maximum absolute atomic E-state index is 11.7. The summed E-state index contributed by atoms with van der Waals surface area (Å²) >= 11 is 11.7. The van der Waals surface area contributed by atoms with Crippen LogP contribution >= 0.6 is 23.2 Å². The average molecular weight is 297 g/mol. The van der Waals surface area contributed by atoms with E-state index in [9.17, 15) is 4.79 Å². The molecule has 1 saturated carbocycles. The topological polar surface area (TPSA) is 44.9 Å². The quantitative estimate of drug-likeness (QED) is 0.837. The van der Waals surface area contributed by atoms with Gasteiger partial charge in [-0.15, -0.1) is 23.2 Å². The Labute approximate surface area is 121 Å². The van der Waals surface area contributed by atoms with Crippen molar-refractivity contribution in [2.24, 2.45) is 5.92 Å². The molecule has 0 saturated heterocycles. The minimum absolute atomic E-state index is 0.0511. The molecule has 0 unspecified atom stereocenters. The first-order chi connectivity index (χ1) is 9.08. The van der Waals surface area contributed by atoms with Crippen LogP contribution in [0.15, 0.2) is 30.5 Å². The molecular weight excluding hydrogens is 283 g/mol. The predicted molar refractivity (Wildman–Crippen MR) is 77.6 cm³/mol. The molecule has 1 heterocycles. The molecule has 1 aromatic heterocycles. The molecule has 1 aliphatic rings. The molecular formula is C14H14Cl2N2O. The van der Waals surface area contributed by atoms with Crippen molar-refractivity contribution in [3.63, 3.8) is 0 Å². The van der Waals surface area contributed by atoms with Gasteiger partial charge in [-0.2, -0.15) is 0 Å². The molecule has 19 heavy (non-hydrogen) atoms. The van der Waals surface area contributed by atoms with Gasteiger partial charge >= 0.3 is 0 Å². The van der Waals surface area contributed by atoms with Gasteiger partial charge in [-0.3, -0.25) is 4.79 Å². The lowest BCUT2D eigenvalue weighted by Crippen LogP contribution is -2.28. The van der Waals surface area contributed by atoms with Gasteiger partial charge in [-0.05, 0) is 24.5 Å². The SMILES string of the molecule is O=C(NCCc1c[nH]c2ccccc12)[C@@H]1CC1(Cl)Cl. The minimum atomic E-state index is -0.842. The van der Waals surface area contributed by atoms with Crippen LogP contribution in [0, 0.1) is 5.92 Å². The van der Waals surface area contributed by atoms with Gasteiger partial charge in [0.15, 0.2) is 0 Å². The number of halogens is 2. The molecule has 3 nitrogen and oxygen atoms in total. The lowest BCUT2D eigenvalue weighted by atomic mass is 10.1. The van der Waals surface area contributed by atoms with E-state index in [0.29, 0.717) is 13.0 Å². The number of H-pyrrole nitrogens is 1. The van der Waals surface area contributed by atoms with Gasteiger partial charge in [0, 0.05) is 23.6 Å². The van der Waals surface area contributed by atoms with Gasteiger partial charge in [0.25, 0.3) is 0 Å². The molecule has 5 heteroatoms. The summed E-state index contributed by atoms with van der Waals surface area (Å²) in [5.74, 6) is -0.302. The van der Waals surface area contributed by atoms with E-state index >= 15 is 0 Å². The number of hydrogen-bond acceptors (Lipinski definition) is 1. The molecule has 1 aromatic carbocycles.